The molecule has 0 radical (unpaired) electrons. The number of halogens is 1. The minimum atomic E-state index is -0.0835. The molecule has 0 aliphatic heterocycles. The van der Waals surface area contributed by atoms with E-state index in [1.54, 1.807) is 16.7 Å². The maximum Gasteiger partial charge on any atom is 0.252 e. The van der Waals surface area contributed by atoms with E-state index in [4.69, 9.17) is 17.3 Å². The number of benzene rings is 1. The molecule has 0 amide bonds. The van der Waals surface area contributed by atoms with Gasteiger partial charge in [0.15, 0.2) is 0 Å². The van der Waals surface area contributed by atoms with Crippen molar-refractivity contribution in [1.29, 1.82) is 0 Å². The first-order chi connectivity index (χ1) is 7.13. The Morgan fingerprint density at radius 3 is 2.80 bits per heavy atom. The molecule has 1 aromatic carbocycles. The average molecular weight is 223 g/mol. The van der Waals surface area contributed by atoms with E-state index in [-0.39, 0.29) is 5.56 Å². The zero-order valence-electron chi connectivity index (χ0n) is 8.33. The van der Waals surface area contributed by atoms with Gasteiger partial charge in [-0.1, -0.05) is 11.6 Å². The monoisotopic (exact) mass is 222 g/mol. The highest BCUT2D eigenvalue weighted by atomic mass is 35.5. The van der Waals surface area contributed by atoms with Crippen molar-refractivity contribution in [1.82, 2.24) is 4.57 Å². The highest BCUT2D eigenvalue weighted by Crippen LogP contribution is 2.23. The first-order valence-corrected chi connectivity index (χ1v) is 5.10. The van der Waals surface area contributed by atoms with Crippen LogP contribution in [0.5, 0.6) is 0 Å². The summed E-state index contributed by atoms with van der Waals surface area (Å²) >= 11 is 5.99. The lowest BCUT2D eigenvalue weighted by atomic mass is 10.2. The van der Waals surface area contributed by atoms with E-state index in [0.717, 1.165) is 10.9 Å². The quantitative estimate of drug-likeness (QED) is 0.753. The minimum Gasteiger partial charge on any atom is -0.399 e. The molecule has 3 nitrogen and oxygen atoms in total. The van der Waals surface area contributed by atoms with Gasteiger partial charge in [-0.15, -0.1) is 0 Å². The zero-order chi connectivity index (χ0) is 11.0. The van der Waals surface area contributed by atoms with Crippen molar-refractivity contribution >= 4 is 28.2 Å². The molecule has 2 rings (SSSR count). The maximum atomic E-state index is 11.6. The number of fused-ring (bicyclic) bond motifs is 1. The number of nitrogens with zero attached hydrogens (tertiary/aromatic N) is 1. The van der Waals surface area contributed by atoms with Gasteiger partial charge >= 0.3 is 0 Å². The van der Waals surface area contributed by atoms with E-state index < -0.39 is 0 Å². The van der Waals surface area contributed by atoms with Crippen molar-refractivity contribution < 1.29 is 0 Å². The second kappa shape index (κ2) is 3.59. The molecule has 0 fully saturated rings. The smallest absolute Gasteiger partial charge is 0.252 e. The van der Waals surface area contributed by atoms with E-state index in [1.807, 2.05) is 13.0 Å². The second-order valence-corrected chi connectivity index (χ2v) is 3.76. The molecule has 0 aliphatic rings. The zero-order valence-corrected chi connectivity index (χ0v) is 9.08. The summed E-state index contributed by atoms with van der Waals surface area (Å²) in [6.07, 6.45) is 0. The third kappa shape index (κ3) is 1.59. The van der Waals surface area contributed by atoms with Crippen LogP contribution in [0, 0.1) is 0 Å². The van der Waals surface area contributed by atoms with Crippen molar-refractivity contribution in [3.05, 3.63) is 39.6 Å². The molecule has 0 aliphatic carbocycles. The van der Waals surface area contributed by atoms with Crippen LogP contribution in [0.3, 0.4) is 0 Å². The van der Waals surface area contributed by atoms with Gasteiger partial charge in [0.1, 0.15) is 0 Å². The minimum absolute atomic E-state index is 0.0835. The molecule has 0 saturated carbocycles. The summed E-state index contributed by atoms with van der Waals surface area (Å²) in [5, 5.41) is 1.27. The van der Waals surface area contributed by atoms with Gasteiger partial charge in [0.05, 0.1) is 10.5 Å². The molecular weight excluding hydrogens is 212 g/mol. The van der Waals surface area contributed by atoms with Crippen LogP contribution in [0.1, 0.15) is 6.92 Å². The lowest BCUT2D eigenvalue weighted by Gasteiger charge is -2.09. The highest BCUT2D eigenvalue weighted by molar-refractivity contribution is 6.35. The maximum absolute atomic E-state index is 11.6. The molecule has 0 saturated heterocycles. The van der Waals surface area contributed by atoms with Crippen LogP contribution in [0.2, 0.25) is 5.02 Å². The van der Waals surface area contributed by atoms with Gasteiger partial charge in [-0.25, -0.2) is 0 Å². The van der Waals surface area contributed by atoms with Crippen LogP contribution in [0.15, 0.2) is 29.1 Å². The first kappa shape index (κ1) is 10.1. The molecule has 1 heterocycles. The fraction of sp³-hybridized carbons (Fsp3) is 0.182. The lowest BCUT2D eigenvalue weighted by molar-refractivity contribution is 0.760. The Morgan fingerprint density at radius 1 is 1.40 bits per heavy atom. The summed E-state index contributed by atoms with van der Waals surface area (Å²) in [5.74, 6) is 0. The van der Waals surface area contributed by atoms with E-state index in [0.29, 0.717) is 17.3 Å². The first-order valence-electron chi connectivity index (χ1n) is 4.72. The molecule has 2 aromatic rings. The fourth-order valence-corrected chi connectivity index (χ4v) is 1.93. The van der Waals surface area contributed by atoms with Gasteiger partial charge in [-0.3, -0.25) is 4.79 Å². The number of aryl methyl sites for hydroxylation is 1. The van der Waals surface area contributed by atoms with Crippen LogP contribution in [-0.4, -0.2) is 4.57 Å². The van der Waals surface area contributed by atoms with Crippen LogP contribution in [0.25, 0.3) is 10.9 Å². The Hall–Kier alpha value is -1.48. The normalized spacial score (nSPS) is 10.8. The Bertz CT molecular complexity index is 575. The number of hydrogen-bond acceptors (Lipinski definition) is 2. The van der Waals surface area contributed by atoms with E-state index in [9.17, 15) is 4.79 Å². The topological polar surface area (TPSA) is 48.0 Å². The van der Waals surface area contributed by atoms with Gasteiger partial charge in [0.25, 0.3) is 5.56 Å². The molecular formula is C11H11ClN2O. The summed E-state index contributed by atoms with van der Waals surface area (Å²) in [4.78, 5) is 11.6. The van der Waals surface area contributed by atoms with Gasteiger partial charge < -0.3 is 10.3 Å². The molecule has 2 N–H and O–H groups in total. The predicted molar refractivity (Wildman–Crippen MR) is 63.3 cm³/mol. The SMILES string of the molecule is CCn1c(=O)cc(Cl)c2cc(N)ccc21. The largest absolute Gasteiger partial charge is 0.399 e. The Balaban J connectivity index is 2.96. The average Bonchev–Trinajstić information content (AvgIpc) is 2.19. The van der Waals surface area contributed by atoms with Crippen molar-refractivity contribution in [2.24, 2.45) is 0 Å². The van der Waals surface area contributed by atoms with Gasteiger partial charge in [0.2, 0.25) is 0 Å². The van der Waals surface area contributed by atoms with Crippen molar-refractivity contribution in [2.45, 2.75) is 13.5 Å². The molecule has 0 spiro atoms. The number of aromatic nitrogens is 1. The number of pyridine rings is 1. The van der Waals surface area contributed by atoms with E-state index in [2.05, 4.69) is 0 Å². The molecule has 15 heavy (non-hydrogen) atoms. The van der Waals surface area contributed by atoms with Crippen molar-refractivity contribution in [3.63, 3.8) is 0 Å². The molecule has 0 atom stereocenters. The van der Waals surface area contributed by atoms with Crippen molar-refractivity contribution in [3.8, 4) is 0 Å². The van der Waals surface area contributed by atoms with Gasteiger partial charge in [0, 0.05) is 23.7 Å². The predicted octanol–water partition coefficient (Wildman–Crippen LogP) is 2.26. The summed E-state index contributed by atoms with van der Waals surface area (Å²) in [7, 11) is 0. The lowest BCUT2D eigenvalue weighted by Crippen LogP contribution is -2.18. The summed E-state index contributed by atoms with van der Waals surface area (Å²) in [6, 6.07) is 6.79. The van der Waals surface area contributed by atoms with Crippen molar-refractivity contribution in [2.75, 3.05) is 5.73 Å². The fourth-order valence-electron chi connectivity index (χ4n) is 1.69. The van der Waals surface area contributed by atoms with Gasteiger partial charge in [-0.2, -0.15) is 0 Å². The van der Waals surface area contributed by atoms with Crippen LogP contribution >= 0.6 is 11.6 Å². The summed E-state index contributed by atoms with van der Waals surface area (Å²) in [6.45, 7) is 2.54. The molecule has 0 bridgehead atoms. The second-order valence-electron chi connectivity index (χ2n) is 3.35. The standard InChI is InChI=1S/C11H11ClN2O/c1-2-14-10-4-3-7(13)5-8(10)9(12)6-11(14)15/h3-6H,2,13H2,1H3. The van der Waals surface area contributed by atoms with Gasteiger partial charge in [-0.05, 0) is 25.1 Å². The Morgan fingerprint density at radius 2 is 2.13 bits per heavy atom. The van der Waals surface area contributed by atoms with Crippen LogP contribution in [-0.2, 0) is 6.54 Å². The Labute approximate surface area is 92.1 Å². The molecule has 78 valence electrons. The molecule has 1 aromatic heterocycles. The number of anilines is 1. The van der Waals surface area contributed by atoms with Crippen LogP contribution in [0.4, 0.5) is 5.69 Å². The van der Waals surface area contributed by atoms with E-state index in [1.165, 1.54) is 6.07 Å². The van der Waals surface area contributed by atoms with E-state index >= 15 is 0 Å². The number of nitrogens with two attached hydrogens (primary N) is 1. The summed E-state index contributed by atoms with van der Waals surface area (Å²) < 4.78 is 1.67. The molecule has 4 heteroatoms. The highest BCUT2D eigenvalue weighted by Gasteiger charge is 2.06. The number of nitrogen functional groups attached to an aromatic ring is 1. The third-order valence-electron chi connectivity index (χ3n) is 2.40. The number of hydrogen-bond donors (Lipinski definition) is 1. The third-order valence-corrected chi connectivity index (χ3v) is 2.71. The molecule has 0 unspecified atom stereocenters. The number of rotatable bonds is 1. The summed E-state index contributed by atoms with van der Waals surface area (Å²) in [5.41, 5.74) is 7.06. The van der Waals surface area contributed by atoms with Crippen LogP contribution < -0.4 is 11.3 Å². The Kier molecular flexibility index (Phi) is 2.40.